The number of halogens is 1. The smallest absolute Gasteiger partial charge is 0.226 e. The molecule has 1 aromatic heterocycles. The summed E-state index contributed by atoms with van der Waals surface area (Å²) >= 11 is 6.02. The fraction of sp³-hybridized carbons (Fsp3) is 0.200. The standard InChI is InChI=1S/C20H18ClN3O2/c1-2-26-16-6-4-3-5-14(16)15-11-17(25)22-20-18(15)19(23-24-20)12-7-9-13(21)10-8-12/h3-10,15H,2,11H2,1H3,(H2,22,23,24,25). The van der Waals surface area contributed by atoms with Crippen LogP contribution in [0.2, 0.25) is 5.02 Å². The van der Waals surface area contributed by atoms with E-state index in [0.29, 0.717) is 23.9 Å². The number of aromatic amines is 1. The molecule has 2 N–H and O–H groups in total. The fourth-order valence-corrected chi connectivity index (χ4v) is 3.54. The number of carbonyl (C=O) groups is 1. The van der Waals surface area contributed by atoms with Crippen molar-refractivity contribution in [2.24, 2.45) is 0 Å². The van der Waals surface area contributed by atoms with Crippen molar-refractivity contribution in [3.8, 4) is 17.0 Å². The van der Waals surface area contributed by atoms with E-state index in [2.05, 4.69) is 15.5 Å². The quantitative estimate of drug-likeness (QED) is 0.708. The summed E-state index contributed by atoms with van der Waals surface area (Å²) in [5.41, 5.74) is 3.81. The number of fused-ring (bicyclic) bond motifs is 1. The summed E-state index contributed by atoms with van der Waals surface area (Å²) in [6.07, 6.45) is 0.344. The third kappa shape index (κ3) is 2.95. The van der Waals surface area contributed by atoms with Crippen LogP contribution < -0.4 is 10.1 Å². The Morgan fingerprint density at radius 1 is 1.19 bits per heavy atom. The molecule has 1 amide bonds. The monoisotopic (exact) mass is 367 g/mol. The summed E-state index contributed by atoms with van der Waals surface area (Å²) in [5, 5.41) is 10.9. The predicted molar refractivity (Wildman–Crippen MR) is 102 cm³/mol. The van der Waals surface area contributed by atoms with Crippen molar-refractivity contribution in [1.82, 2.24) is 10.2 Å². The number of nitrogens with one attached hydrogen (secondary N) is 2. The molecule has 26 heavy (non-hydrogen) atoms. The largest absolute Gasteiger partial charge is 0.494 e. The van der Waals surface area contributed by atoms with Crippen LogP contribution in [-0.2, 0) is 4.79 Å². The Morgan fingerprint density at radius 2 is 1.96 bits per heavy atom. The number of ether oxygens (including phenoxy) is 1. The maximum atomic E-state index is 12.2. The van der Waals surface area contributed by atoms with Crippen molar-refractivity contribution >= 4 is 23.3 Å². The van der Waals surface area contributed by atoms with Gasteiger partial charge in [-0.05, 0) is 25.1 Å². The Hall–Kier alpha value is -2.79. The zero-order chi connectivity index (χ0) is 18.1. The van der Waals surface area contributed by atoms with Crippen molar-refractivity contribution in [3.05, 3.63) is 64.7 Å². The van der Waals surface area contributed by atoms with Crippen LogP contribution in [0.3, 0.4) is 0 Å². The maximum Gasteiger partial charge on any atom is 0.226 e. The van der Waals surface area contributed by atoms with Gasteiger partial charge in [0.15, 0.2) is 5.82 Å². The van der Waals surface area contributed by atoms with Gasteiger partial charge in [-0.25, -0.2) is 0 Å². The summed E-state index contributed by atoms with van der Waals surface area (Å²) in [4.78, 5) is 12.2. The van der Waals surface area contributed by atoms with E-state index in [1.165, 1.54) is 0 Å². The first-order valence-electron chi connectivity index (χ1n) is 8.53. The van der Waals surface area contributed by atoms with Gasteiger partial charge in [-0.1, -0.05) is 41.9 Å². The fourth-order valence-electron chi connectivity index (χ4n) is 3.41. The normalized spacial score (nSPS) is 16.1. The molecule has 5 nitrogen and oxygen atoms in total. The number of benzene rings is 2. The van der Waals surface area contributed by atoms with Crippen molar-refractivity contribution < 1.29 is 9.53 Å². The zero-order valence-corrected chi connectivity index (χ0v) is 15.0. The topological polar surface area (TPSA) is 67.0 Å². The minimum Gasteiger partial charge on any atom is -0.494 e. The van der Waals surface area contributed by atoms with Crippen LogP contribution in [0.15, 0.2) is 48.5 Å². The van der Waals surface area contributed by atoms with Gasteiger partial charge in [0.25, 0.3) is 0 Å². The van der Waals surface area contributed by atoms with Gasteiger partial charge in [0.2, 0.25) is 5.91 Å². The molecule has 0 fully saturated rings. The molecule has 132 valence electrons. The number of hydrogen-bond acceptors (Lipinski definition) is 3. The second kappa shape index (κ2) is 6.84. The first-order valence-corrected chi connectivity index (χ1v) is 8.91. The van der Waals surface area contributed by atoms with Gasteiger partial charge in [0.1, 0.15) is 5.75 Å². The highest BCUT2D eigenvalue weighted by atomic mass is 35.5. The average Bonchev–Trinajstić information content (AvgIpc) is 3.06. The van der Waals surface area contributed by atoms with Crippen LogP contribution in [0.25, 0.3) is 11.3 Å². The van der Waals surface area contributed by atoms with Crippen LogP contribution in [0.5, 0.6) is 5.75 Å². The lowest BCUT2D eigenvalue weighted by Gasteiger charge is -2.25. The first-order chi connectivity index (χ1) is 12.7. The van der Waals surface area contributed by atoms with Gasteiger partial charge in [-0.2, -0.15) is 5.10 Å². The van der Waals surface area contributed by atoms with Crippen LogP contribution in [-0.4, -0.2) is 22.7 Å². The number of nitrogens with zero attached hydrogens (tertiary/aromatic N) is 1. The Morgan fingerprint density at radius 3 is 2.73 bits per heavy atom. The minimum atomic E-state index is -0.133. The van der Waals surface area contributed by atoms with Crippen LogP contribution in [0.1, 0.15) is 30.4 Å². The molecule has 2 aromatic carbocycles. The van der Waals surface area contributed by atoms with E-state index < -0.39 is 0 Å². The summed E-state index contributed by atoms with van der Waals surface area (Å²) in [5.74, 6) is 1.18. The second-order valence-corrected chi connectivity index (χ2v) is 6.58. The molecule has 4 rings (SSSR count). The third-order valence-corrected chi connectivity index (χ3v) is 4.78. The van der Waals surface area contributed by atoms with Crippen molar-refractivity contribution in [3.63, 3.8) is 0 Å². The number of H-pyrrole nitrogens is 1. The van der Waals surface area contributed by atoms with E-state index in [0.717, 1.165) is 28.1 Å². The number of aromatic nitrogens is 2. The van der Waals surface area contributed by atoms with Gasteiger partial charge >= 0.3 is 0 Å². The molecule has 3 aromatic rings. The molecule has 6 heteroatoms. The molecule has 0 bridgehead atoms. The Labute approximate surface area is 156 Å². The molecule has 0 aliphatic carbocycles. The molecule has 0 saturated heterocycles. The van der Waals surface area contributed by atoms with E-state index in [1.54, 1.807) is 0 Å². The van der Waals surface area contributed by atoms with E-state index in [4.69, 9.17) is 16.3 Å². The summed E-state index contributed by atoms with van der Waals surface area (Å²) in [6.45, 7) is 2.52. The van der Waals surface area contributed by atoms with Gasteiger partial charge < -0.3 is 10.1 Å². The summed E-state index contributed by atoms with van der Waals surface area (Å²) in [6, 6.07) is 15.4. The van der Waals surface area contributed by atoms with Crippen molar-refractivity contribution in [1.29, 1.82) is 0 Å². The molecule has 0 radical (unpaired) electrons. The lowest BCUT2D eigenvalue weighted by atomic mass is 9.84. The summed E-state index contributed by atoms with van der Waals surface area (Å²) in [7, 11) is 0. The summed E-state index contributed by atoms with van der Waals surface area (Å²) < 4.78 is 5.80. The predicted octanol–water partition coefficient (Wildman–Crippen LogP) is 4.60. The SMILES string of the molecule is CCOc1ccccc1C1CC(=O)Nc2n[nH]c(-c3ccc(Cl)cc3)c21. The van der Waals surface area contributed by atoms with Gasteiger partial charge in [-0.15, -0.1) is 0 Å². The molecule has 1 unspecified atom stereocenters. The molecule has 0 saturated carbocycles. The third-order valence-electron chi connectivity index (χ3n) is 4.53. The number of hydrogen-bond donors (Lipinski definition) is 2. The van der Waals surface area contributed by atoms with Crippen molar-refractivity contribution in [2.45, 2.75) is 19.3 Å². The second-order valence-electron chi connectivity index (χ2n) is 6.14. The Kier molecular flexibility index (Phi) is 4.39. The molecule has 1 aliphatic heterocycles. The van der Waals surface area contributed by atoms with Crippen LogP contribution in [0, 0.1) is 0 Å². The molecular formula is C20H18ClN3O2. The van der Waals surface area contributed by atoms with Gasteiger partial charge in [0, 0.05) is 34.1 Å². The minimum absolute atomic E-state index is 0.0528. The van der Waals surface area contributed by atoms with E-state index >= 15 is 0 Å². The highest BCUT2D eigenvalue weighted by Crippen LogP contribution is 2.44. The molecule has 2 heterocycles. The molecular weight excluding hydrogens is 350 g/mol. The zero-order valence-electron chi connectivity index (χ0n) is 14.3. The van der Waals surface area contributed by atoms with E-state index in [9.17, 15) is 4.79 Å². The number of carbonyl (C=O) groups excluding carboxylic acids is 1. The highest BCUT2D eigenvalue weighted by molar-refractivity contribution is 6.30. The van der Waals surface area contributed by atoms with Gasteiger partial charge in [-0.3, -0.25) is 9.89 Å². The van der Waals surface area contributed by atoms with Crippen LogP contribution in [0.4, 0.5) is 5.82 Å². The maximum absolute atomic E-state index is 12.2. The Balaban J connectivity index is 1.86. The van der Waals surface area contributed by atoms with Crippen LogP contribution >= 0.6 is 11.6 Å². The molecule has 1 atom stereocenters. The van der Waals surface area contributed by atoms with Gasteiger partial charge in [0.05, 0.1) is 12.3 Å². The molecule has 1 aliphatic rings. The lowest BCUT2D eigenvalue weighted by molar-refractivity contribution is -0.116. The number of rotatable bonds is 4. The number of amides is 1. The first kappa shape index (κ1) is 16.7. The average molecular weight is 368 g/mol. The lowest BCUT2D eigenvalue weighted by Crippen LogP contribution is -2.23. The van der Waals surface area contributed by atoms with E-state index in [-0.39, 0.29) is 11.8 Å². The number of para-hydroxylation sites is 1. The van der Waals surface area contributed by atoms with E-state index in [1.807, 2.05) is 55.5 Å². The Bertz CT molecular complexity index is 950. The van der Waals surface area contributed by atoms with Crippen molar-refractivity contribution in [2.75, 3.05) is 11.9 Å². The molecule has 0 spiro atoms. The number of anilines is 1. The highest BCUT2D eigenvalue weighted by Gasteiger charge is 2.33.